The third kappa shape index (κ3) is 4.36. The molecule has 2 aromatic rings. The fourth-order valence-corrected chi connectivity index (χ4v) is 2.20. The van der Waals surface area contributed by atoms with Crippen molar-refractivity contribution in [2.45, 2.75) is 6.92 Å². The van der Waals surface area contributed by atoms with Crippen molar-refractivity contribution in [2.75, 3.05) is 6.61 Å². The van der Waals surface area contributed by atoms with Crippen LogP contribution < -0.4 is 10.2 Å². The molecule has 2 rings (SSSR count). The standard InChI is InChI=1S/C14H13ClN2O2S/c1-10(13-3-2-8-20-13)16-17-14(18)9-19-12-6-4-11(15)5-7-12/h2-8H,9H2,1H3,(H,17,18)/b16-10-. The molecule has 0 radical (unpaired) electrons. The fraction of sp³-hybridized carbons (Fsp3) is 0.143. The number of hydrazone groups is 1. The zero-order chi connectivity index (χ0) is 14.4. The van der Waals surface area contributed by atoms with Gasteiger partial charge in [0.2, 0.25) is 0 Å². The molecule has 1 N–H and O–H groups in total. The molecule has 6 heteroatoms. The number of amides is 1. The Hall–Kier alpha value is -1.85. The number of hydrogen-bond donors (Lipinski definition) is 1. The fourth-order valence-electron chi connectivity index (χ4n) is 1.40. The molecule has 0 fully saturated rings. The van der Waals surface area contributed by atoms with Crippen molar-refractivity contribution in [1.29, 1.82) is 0 Å². The Kier molecular flexibility index (Phi) is 5.15. The van der Waals surface area contributed by atoms with E-state index in [1.54, 1.807) is 35.6 Å². The lowest BCUT2D eigenvalue weighted by Crippen LogP contribution is -2.25. The van der Waals surface area contributed by atoms with Crippen molar-refractivity contribution in [2.24, 2.45) is 5.10 Å². The molecule has 1 aromatic carbocycles. The van der Waals surface area contributed by atoms with Crippen LogP contribution in [0.3, 0.4) is 0 Å². The van der Waals surface area contributed by atoms with Crippen LogP contribution in [0.5, 0.6) is 5.75 Å². The lowest BCUT2D eigenvalue weighted by molar-refractivity contribution is -0.123. The highest BCUT2D eigenvalue weighted by atomic mass is 35.5. The lowest BCUT2D eigenvalue weighted by atomic mass is 10.3. The Bertz CT molecular complexity index is 594. The lowest BCUT2D eigenvalue weighted by Gasteiger charge is -2.05. The van der Waals surface area contributed by atoms with E-state index in [2.05, 4.69) is 10.5 Å². The second-order valence-electron chi connectivity index (χ2n) is 3.95. The van der Waals surface area contributed by atoms with Gasteiger partial charge < -0.3 is 4.74 Å². The molecular weight excluding hydrogens is 296 g/mol. The van der Waals surface area contributed by atoms with Gasteiger partial charge in [-0.3, -0.25) is 4.79 Å². The number of carbonyl (C=O) groups excluding carboxylic acids is 1. The van der Waals surface area contributed by atoms with E-state index >= 15 is 0 Å². The van der Waals surface area contributed by atoms with Gasteiger partial charge in [-0.1, -0.05) is 17.7 Å². The SMILES string of the molecule is C/C(=N/NC(=O)COc1ccc(Cl)cc1)c1cccs1. The first kappa shape index (κ1) is 14.6. The van der Waals surface area contributed by atoms with Crippen molar-refractivity contribution in [3.8, 4) is 5.75 Å². The largest absolute Gasteiger partial charge is 0.484 e. The first-order chi connectivity index (χ1) is 9.65. The van der Waals surface area contributed by atoms with Gasteiger partial charge in [0.05, 0.1) is 5.71 Å². The maximum absolute atomic E-state index is 11.6. The van der Waals surface area contributed by atoms with E-state index < -0.39 is 0 Å². The Balaban J connectivity index is 1.81. The molecule has 104 valence electrons. The predicted molar refractivity (Wildman–Crippen MR) is 81.6 cm³/mol. The number of rotatable bonds is 5. The third-order valence-electron chi connectivity index (χ3n) is 2.41. The number of halogens is 1. The van der Waals surface area contributed by atoms with Crippen LogP contribution in [0.4, 0.5) is 0 Å². The van der Waals surface area contributed by atoms with Crippen LogP contribution in [0.25, 0.3) is 0 Å². The third-order valence-corrected chi connectivity index (χ3v) is 3.64. The molecule has 1 aromatic heterocycles. The van der Waals surface area contributed by atoms with Crippen molar-refractivity contribution in [1.82, 2.24) is 5.43 Å². The number of nitrogens with one attached hydrogen (secondary N) is 1. The maximum Gasteiger partial charge on any atom is 0.277 e. The molecule has 1 heterocycles. The number of thiophene rings is 1. The van der Waals surface area contributed by atoms with Crippen molar-refractivity contribution in [3.63, 3.8) is 0 Å². The number of hydrogen-bond acceptors (Lipinski definition) is 4. The van der Waals surface area contributed by atoms with Crippen molar-refractivity contribution in [3.05, 3.63) is 51.7 Å². The Morgan fingerprint density at radius 1 is 1.35 bits per heavy atom. The second kappa shape index (κ2) is 7.07. The Morgan fingerprint density at radius 3 is 2.75 bits per heavy atom. The summed E-state index contributed by atoms with van der Waals surface area (Å²) >= 11 is 7.32. The maximum atomic E-state index is 11.6. The van der Waals surface area contributed by atoms with Gasteiger partial charge in [-0.15, -0.1) is 11.3 Å². The number of benzene rings is 1. The molecule has 0 aliphatic carbocycles. The van der Waals surface area contributed by atoms with Crippen LogP contribution in [0.1, 0.15) is 11.8 Å². The van der Waals surface area contributed by atoms with E-state index in [9.17, 15) is 4.79 Å². The first-order valence-electron chi connectivity index (χ1n) is 5.90. The highest BCUT2D eigenvalue weighted by molar-refractivity contribution is 7.12. The number of ether oxygens (including phenoxy) is 1. The predicted octanol–water partition coefficient (Wildman–Crippen LogP) is 3.32. The molecular formula is C14H13ClN2O2S. The summed E-state index contributed by atoms with van der Waals surface area (Å²) in [4.78, 5) is 12.6. The van der Waals surface area contributed by atoms with E-state index in [-0.39, 0.29) is 12.5 Å². The van der Waals surface area contributed by atoms with E-state index in [0.29, 0.717) is 10.8 Å². The molecule has 0 aliphatic heterocycles. The molecule has 0 bridgehead atoms. The average molecular weight is 309 g/mol. The van der Waals surface area contributed by atoms with Gasteiger partial charge in [-0.05, 0) is 42.6 Å². The van der Waals surface area contributed by atoms with Crippen LogP contribution >= 0.6 is 22.9 Å². The highest BCUT2D eigenvalue weighted by Crippen LogP contribution is 2.15. The average Bonchev–Trinajstić information content (AvgIpc) is 2.98. The summed E-state index contributed by atoms with van der Waals surface area (Å²) in [6, 6.07) is 10.7. The van der Waals surface area contributed by atoms with Crippen LogP contribution in [0.15, 0.2) is 46.9 Å². The van der Waals surface area contributed by atoms with E-state index in [4.69, 9.17) is 16.3 Å². The topological polar surface area (TPSA) is 50.7 Å². The van der Waals surface area contributed by atoms with Crippen molar-refractivity contribution >= 4 is 34.6 Å². The molecule has 1 amide bonds. The minimum Gasteiger partial charge on any atom is -0.484 e. The summed E-state index contributed by atoms with van der Waals surface area (Å²) in [5.74, 6) is 0.277. The smallest absolute Gasteiger partial charge is 0.277 e. The van der Waals surface area contributed by atoms with Gasteiger partial charge in [0.1, 0.15) is 5.75 Å². The van der Waals surface area contributed by atoms with E-state index in [1.165, 1.54) is 0 Å². The Labute approximate surface area is 126 Å². The summed E-state index contributed by atoms with van der Waals surface area (Å²) in [5, 5.41) is 6.60. The quantitative estimate of drug-likeness (QED) is 0.680. The van der Waals surface area contributed by atoms with E-state index in [1.807, 2.05) is 24.4 Å². The van der Waals surface area contributed by atoms with Gasteiger partial charge in [0, 0.05) is 9.90 Å². The molecule has 0 saturated carbocycles. The molecule has 0 aliphatic rings. The second-order valence-corrected chi connectivity index (χ2v) is 5.34. The van der Waals surface area contributed by atoms with Crippen LogP contribution in [-0.4, -0.2) is 18.2 Å². The molecule has 0 atom stereocenters. The Morgan fingerprint density at radius 2 is 2.10 bits per heavy atom. The zero-order valence-electron chi connectivity index (χ0n) is 10.8. The molecule has 0 unspecified atom stereocenters. The van der Waals surface area contributed by atoms with Crippen molar-refractivity contribution < 1.29 is 9.53 Å². The number of nitrogens with zero attached hydrogens (tertiary/aromatic N) is 1. The summed E-state index contributed by atoms with van der Waals surface area (Å²) in [5.41, 5.74) is 3.22. The summed E-state index contributed by atoms with van der Waals surface area (Å²) in [6.07, 6.45) is 0. The molecule has 4 nitrogen and oxygen atoms in total. The first-order valence-corrected chi connectivity index (χ1v) is 7.16. The van der Waals surface area contributed by atoms with Gasteiger partial charge in [-0.25, -0.2) is 5.43 Å². The summed E-state index contributed by atoms with van der Waals surface area (Å²) < 4.78 is 5.31. The number of carbonyl (C=O) groups is 1. The van der Waals surface area contributed by atoms with Gasteiger partial charge in [0.15, 0.2) is 6.61 Å². The minimum absolute atomic E-state index is 0.0944. The normalized spacial score (nSPS) is 11.2. The summed E-state index contributed by atoms with van der Waals surface area (Å²) in [7, 11) is 0. The van der Waals surface area contributed by atoms with E-state index in [0.717, 1.165) is 10.6 Å². The zero-order valence-corrected chi connectivity index (χ0v) is 12.4. The molecule has 0 spiro atoms. The van der Waals surface area contributed by atoms with Crippen LogP contribution in [0.2, 0.25) is 5.02 Å². The molecule has 0 saturated heterocycles. The van der Waals surface area contributed by atoms with Gasteiger partial charge >= 0.3 is 0 Å². The highest BCUT2D eigenvalue weighted by Gasteiger charge is 2.03. The summed E-state index contributed by atoms with van der Waals surface area (Å²) in [6.45, 7) is 1.75. The minimum atomic E-state index is -0.309. The monoisotopic (exact) mass is 308 g/mol. The van der Waals surface area contributed by atoms with Crippen LogP contribution in [-0.2, 0) is 4.79 Å². The van der Waals surface area contributed by atoms with Gasteiger partial charge in [-0.2, -0.15) is 5.10 Å². The van der Waals surface area contributed by atoms with Gasteiger partial charge in [0.25, 0.3) is 5.91 Å². The van der Waals surface area contributed by atoms with Crippen LogP contribution in [0, 0.1) is 0 Å². The molecule has 20 heavy (non-hydrogen) atoms.